The van der Waals surface area contributed by atoms with E-state index in [2.05, 4.69) is 36.0 Å². The molecule has 2 rings (SSSR count). The topological polar surface area (TPSA) is 48.5 Å². The summed E-state index contributed by atoms with van der Waals surface area (Å²) < 4.78 is 0. The smallest absolute Gasteiger partial charge is 0.272 e. The second-order valence-corrected chi connectivity index (χ2v) is 5.61. The largest absolute Gasteiger partial charge is 0.382 e. The predicted molar refractivity (Wildman–Crippen MR) is 85.6 cm³/mol. The van der Waals surface area contributed by atoms with E-state index in [0.717, 1.165) is 44.8 Å². The normalized spacial score (nSPS) is 17.6. The van der Waals surface area contributed by atoms with E-state index in [4.69, 9.17) is 0 Å². The van der Waals surface area contributed by atoms with E-state index >= 15 is 0 Å². The van der Waals surface area contributed by atoms with E-state index in [1.165, 1.54) is 0 Å². The van der Waals surface area contributed by atoms with Gasteiger partial charge in [-0.15, -0.1) is 0 Å². The third-order valence-corrected chi connectivity index (χ3v) is 4.11. The quantitative estimate of drug-likeness (QED) is 0.902. The third kappa shape index (κ3) is 4.17. The zero-order valence-corrected chi connectivity index (χ0v) is 13.3. The van der Waals surface area contributed by atoms with E-state index < -0.39 is 0 Å². The van der Waals surface area contributed by atoms with Gasteiger partial charge in [0.1, 0.15) is 5.69 Å². The molecule has 1 amide bonds. The number of pyridine rings is 1. The number of hydrogen-bond acceptors (Lipinski definition) is 4. The molecule has 116 valence electrons. The van der Waals surface area contributed by atoms with Crippen molar-refractivity contribution in [3.05, 3.63) is 24.0 Å². The van der Waals surface area contributed by atoms with Crippen molar-refractivity contribution < 1.29 is 4.79 Å². The van der Waals surface area contributed by atoms with Crippen LogP contribution in [0.1, 0.15) is 37.7 Å². The Bertz CT molecular complexity index is 469. The minimum atomic E-state index is 0.0403. The number of hydrogen-bond donors (Lipinski definition) is 1. The maximum atomic E-state index is 12.5. The van der Waals surface area contributed by atoms with Crippen LogP contribution in [0.25, 0.3) is 0 Å². The molecule has 1 N–H and O–H groups in total. The van der Waals surface area contributed by atoms with Crippen molar-refractivity contribution in [2.45, 2.75) is 33.2 Å². The summed E-state index contributed by atoms with van der Waals surface area (Å²) in [7, 11) is 0. The van der Waals surface area contributed by atoms with Gasteiger partial charge in [-0.1, -0.05) is 13.8 Å². The summed E-state index contributed by atoms with van der Waals surface area (Å²) >= 11 is 0. The first kappa shape index (κ1) is 15.8. The van der Waals surface area contributed by atoms with Crippen LogP contribution in [0.15, 0.2) is 18.3 Å². The van der Waals surface area contributed by atoms with Gasteiger partial charge < -0.3 is 15.1 Å². The molecule has 5 nitrogen and oxygen atoms in total. The van der Waals surface area contributed by atoms with Gasteiger partial charge in [-0.2, -0.15) is 0 Å². The third-order valence-electron chi connectivity index (χ3n) is 4.11. The van der Waals surface area contributed by atoms with Crippen LogP contribution < -0.4 is 5.32 Å². The van der Waals surface area contributed by atoms with Crippen LogP contribution in [0.3, 0.4) is 0 Å². The van der Waals surface area contributed by atoms with Gasteiger partial charge in [-0.25, -0.2) is 0 Å². The van der Waals surface area contributed by atoms with Crippen molar-refractivity contribution in [3.63, 3.8) is 0 Å². The van der Waals surface area contributed by atoms with Gasteiger partial charge >= 0.3 is 0 Å². The highest BCUT2D eigenvalue weighted by atomic mass is 16.2. The van der Waals surface area contributed by atoms with Crippen LogP contribution >= 0.6 is 0 Å². The van der Waals surface area contributed by atoms with Crippen molar-refractivity contribution in [2.24, 2.45) is 0 Å². The molecule has 21 heavy (non-hydrogen) atoms. The Morgan fingerprint density at radius 1 is 1.33 bits per heavy atom. The Morgan fingerprint density at radius 2 is 2.05 bits per heavy atom. The first-order valence-electron chi connectivity index (χ1n) is 7.88. The lowest BCUT2D eigenvalue weighted by Gasteiger charge is -2.33. The summed E-state index contributed by atoms with van der Waals surface area (Å²) in [6.45, 7) is 11.0. The lowest BCUT2D eigenvalue weighted by Crippen LogP contribution is -2.48. The number of anilines is 1. The lowest BCUT2D eigenvalue weighted by molar-refractivity contribution is 0.0637. The van der Waals surface area contributed by atoms with Gasteiger partial charge in [0, 0.05) is 44.1 Å². The van der Waals surface area contributed by atoms with E-state index in [1.54, 1.807) is 6.20 Å². The van der Waals surface area contributed by atoms with E-state index in [1.807, 2.05) is 17.0 Å². The van der Waals surface area contributed by atoms with Crippen LogP contribution in [0, 0.1) is 0 Å². The van der Waals surface area contributed by atoms with Gasteiger partial charge in [0.15, 0.2) is 0 Å². The van der Waals surface area contributed by atoms with Gasteiger partial charge in [0.05, 0.1) is 0 Å². The second kappa shape index (κ2) is 7.41. The molecule has 1 aromatic heterocycles. The highest BCUT2D eigenvalue weighted by molar-refractivity contribution is 5.93. The molecule has 1 aromatic rings. The fraction of sp³-hybridized carbons (Fsp3) is 0.625. The van der Waals surface area contributed by atoms with Crippen LogP contribution in [0.2, 0.25) is 0 Å². The van der Waals surface area contributed by atoms with Crippen LogP contribution in [-0.2, 0) is 0 Å². The molecule has 1 aliphatic rings. The van der Waals surface area contributed by atoms with Crippen molar-refractivity contribution in [3.8, 4) is 0 Å². The molecule has 0 aliphatic carbocycles. The van der Waals surface area contributed by atoms with Gasteiger partial charge in [-0.05, 0) is 32.0 Å². The molecule has 1 atom stereocenters. The van der Waals surface area contributed by atoms with Crippen LogP contribution in [-0.4, -0.2) is 59.5 Å². The van der Waals surface area contributed by atoms with E-state index in [0.29, 0.717) is 11.7 Å². The molecule has 1 saturated heterocycles. The Balaban J connectivity index is 2.01. The summed E-state index contributed by atoms with van der Waals surface area (Å²) in [4.78, 5) is 21.0. The zero-order valence-electron chi connectivity index (χ0n) is 13.3. The highest BCUT2D eigenvalue weighted by Gasteiger charge is 2.22. The summed E-state index contributed by atoms with van der Waals surface area (Å²) in [6, 6.07) is 4.17. The molecule has 1 aliphatic heterocycles. The Labute approximate surface area is 127 Å². The van der Waals surface area contributed by atoms with Crippen molar-refractivity contribution in [2.75, 3.05) is 38.0 Å². The summed E-state index contributed by atoms with van der Waals surface area (Å²) in [5, 5.41) is 3.39. The fourth-order valence-corrected chi connectivity index (χ4v) is 2.45. The first-order valence-corrected chi connectivity index (χ1v) is 7.88. The highest BCUT2D eigenvalue weighted by Crippen LogP contribution is 2.13. The number of carbonyl (C=O) groups is 1. The lowest BCUT2D eigenvalue weighted by atomic mass is 10.2. The number of carbonyl (C=O) groups excluding carboxylic acids is 1. The number of rotatable bonds is 5. The summed E-state index contributed by atoms with van der Waals surface area (Å²) in [5.41, 5.74) is 1.50. The maximum Gasteiger partial charge on any atom is 0.272 e. The van der Waals surface area contributed by atoms with Crippen molar-refractivity contribution >= 4 is 11.6 Å². The second-order valence-electron chi connectivity index (χ2n) is 5.61. The molecular weight excluding hydrogens is 264 g/mol. The number of piperazine rings is 1. The molecule has 0 spiro atoms. The Kier molecular flexibility index (Phi) is 5.56. The number of nitrogens with zero attached hydrogens (tertiary/aromatic N) is 3. The zero-order chi connectivity index (χ0) is 15.2. The first-order chi connectivity index (χ1) is 10.1. The van der Waals surface area contributed by atoms with Gasteiger partial charge in [0.25, 0.3) is 5.91 Å². The monoisotopic (exact) mass is 290 g/mol. The Morgan fingerprint density at radius 3 is 2.67 bits per heavy atom. The molecular formula is C16H26N4O. The van der Waals surface area contributed by atoms with E-state index in [-0.39, 0.29) is 5.91 Å². The van der Waals surface area contributed by atoms with Crippen molar-refractivity contribution in [1.82, 2.24) is 14.8 Å². The maximum absolute atomic E-state index is 12.5. The summed E-state index contributed by atoms with van der Waals surface area (Å²) in [6.07, 6.45) is 2.75. The predicted octanol–water partition coefficient (Wildman–Crippen LogP) is 2.07. The van der Waals surface area contributed by atoms with Gasteiger partial charge in [-0.3, -0.25) is 9.78 Å². The molecule has 0 radical (unpaired) electrons. The molecule has 0 aromatic carbocycles. The Hall–Kier alpha value is -1.62. The number of aromatic nitrogens is 1. The number of nitrogens with one attached hydrogen (secondary N) is 1. The standard InChI is InChI=1S/C16H26N4O/c1-4-13(3)18-14-6-7-17-15(12-14)16(21)20-10-8-19(5-2)9-11-20/h6-7,12-13H,4-5,8-11H2,1-3H3,(H,17,18). The summed E-state index contributed by atoms with van der Waals surface area (Å²) in [5.74, 6) is 0.0403. The van der Waals surface area contributed by atoms with Gasteiger partial charge in [0.2, 0.25) is 0 Å². The SMILES string of the molecule is CCC(C)Nc1ccnc(C(=O)N2CCN(CC)CC2)c1. The molecule has 0 saturated carbocycles. The number of likely N-dealkylation sites (N-methyl/N-ethyl adjacent to an activating group) is 1. The number of amides is 1. The molecule has 1 fully saturated rings. The minimum Gasteiger partial charge on any atom is -0.382 e. The fourth-order valence-electron chi connectivity index (χ4n) is 2.45. The van der Waals surface area contributed by atoms with Crippen molar-refractivity contribution in [1.29, 1.82) is 0 Å². The molecule has 0 bridgehead atoms. The van der Waals surface area contributed by atoms with Crippen LogP contribution in [0.5, 0.6) is 0 Å². The molecule has 5 heteroatoms. The minimum absolute atomic E-state index is 0.0403. The average molecular weight is 290 g/mol. The van der Waals surface area contributed by atoms with E-state index in [9.17, 15) is 4.79 Å². The van der Waals surface area contributed by atoms with Crippen LogP contribution in [0.4, 0.5) is 5.69 Å². The average Bonchev–Trinajstić information content (AvgIpc) is 2.54. The molecule has 1 unspecified atom stereocenters. The molecule has 2 heterocycles.